The fourth-order valence-electron chi connectivity index (χ4n) is 2.33. The maximum absolute atomic E-state index is 12.0. The maximum Gasteiger partial charge on any atom is 0.317 e. The minimum Gasteiger partial charge on any atom is -0.331 e. The summed E-state index contributed by atoms with van der Waals surface area (Å²) in [6, 6.07) is 9.70. The monoisotopic (exact) mass is 298 g/mol. The Hall–Kier alpha value is -2.56. The van der Waals surface area contributed by atoms with Crippen molar-refractivity contribution >= 4 is 6.03 Å². The van der Waals surface area contributed by atoms with Gasteiger partial charge < -0.3 is 10.2 Å². The van der Waals surface area contributed by atoms with Crippen LogP contribution in [0.3, 0.4) is 0 Å². The second-order valence-corrected chi connectivity index (χ2v) is 5.27. The van der Waals surface area contributed by atoms with E-state index in [0.29, 0.717) is 6.54 Å². The number of likely N-dealkylation sites (N-methyl/N-ethyl adjacent to an activating group) is 1. The second kappa shape index (κ2) is 6.93. The van der Waals surface area contributed by atoms with Crippen LogP contribution in [0.15, 0.2) is 49.2 Å². The van der Waals surface area contributed by atoms with Gasteiger partial charge in [0.25, 0.3) is 0 Å². The van der Waals surface area contributed by atoms with Crippen molar-refractivity contribution in [3.05, 3.63) is 60.4 Å². The number of aromatic nitrogens is 2. The molecule has 0 aliphatic rings. The van der Waals surface area contributed by atoms with E-state index < -0.39 is 0 Å². The number of hydrogen-bond acceptors (Lipinski definition) is 2. The minimum atomic E-state index is -0.126. The van der Waals surface area contributed by atoms with Crippen molar-refractivity contribution in [1.82, 2.24) is 20.0 Å². The van der Waals surface area contributed by atoms with E-state index in [2.05, 4.69) is 17.0 Å². The molecule has 0 bridgehead atoms. The zero-order valence-corrected chi connectivity index (χ0v) is 13.3. The third-order valence-electron chi connectivity index (χ3n) is 3.60. The lowest BCUT2D eigenvalue weighted by Gasteiger charge is -2.20. The van der Waals surface area contributed by atoms with Gasteiger partial charge >= 0.3 is 6.03 Å². The molecule has 0 aliphatic carbocycles. The van der Waals surface area contributed by atoms with E-state index in [4.69, 9.17) is 0 Å². The molecule has 116 valence electrons. The van der Waals surface area contributed by atoms with Crippen LogP contribution in [-0.2, 0) is 0 Å². The highest BCUT2D eigenvalue weighted by Gasteiger charge is 2.17. The van der Waals surface area contributed by atoms with Crippen LogP contribution >= 0.6 is 0 Å². The first-order valence-electron chi connectivity index (χ1n) is 7.27. The summed E-state index contributed by atoms with van der Waals surface area (Å²) >= 11 is 0. The Morgan fingerprint density at radius 2 is 2.14 bits per heavy atom. The summed E-state index contributed by atoms with van der Waals surface area (Å²) < 4.78 is 1.88. The first kappa shape index (κ1) is 15.8. The van der Waals surface area contributed by atoms with Gasteiger partial charge in [-0.2, -0.15) is 5.10 Å². The summed E-state index contributed by atoms with van der Waals surface area (Å²) in [4.78, 5) is 13.6. The molecule has 0 fully saturated rings. The SMILES string of the molecule is C=CCN(C)C(=O)N[C@H](C)c1cnn(-c2ccccc2)c1C. The van der Waals surface area contributed by atoms with E-state index in [0.717, 1.165) is 16.9 Å². The Kier molecular flexibility index (Phi) is 4.99. The molecule has 1 heterocycles. The van der Waals surface area contributed by atoms with Gasteiger partial charge in [-0.25, -0.2) is 9.48 Å². The number of rotatable bonds is 5. The quantitative estimate of drug-likeness (QED) is 0.862. The number of urea groups is 1. The molecule has 0 aliphatic heterocycles. The number of amides is 2. The first-order valence-corrected chi connectivity index (χ1v) is 7.27. The molecule has 1 aromatic carbocycles. The third kappa shape index (κ3) is 3.36. The summed E-state index contributed by atoms with van der Waals surface area (Å²) in [5, 5.41) is 7.40. The highest BCUT2D eigenvalue weighted by molar-refractivity contribution is 5.74. The first-order chi connectivity index (χ1) is 10.5. The molecule has 5 nitrogen and oxygen atoms in total. The summed E-state index contributed by atoms with van der Waals surface area (Å²) in [6.45, 7) is 8.11. The Balaban J connectivity index is 2.15. The predicted molar refractivity (Wildman–Crippen MR) is 88.1 cm³/mol. The predicted octanol–water partition coefficient (Wildman–Crippen LogP) is 3.07. The van der Waals surface area contributed by atoms with Gasteiger partial charge in [0, 0.05) is 24.8 Å². The molecule has 0 spiro atoms. The molecule has 0 radical (unpaired) electrons. The highest BCUT2D eigenvalue weighted by atomic mass is 16.2. The van der Waals surface area contributed by atoms with Crippen molar-refractivity contribution in [1.29, 1.82) is 0 Å². The Morgan fingerprint density at radius 1 is 1.45 bits per heavy atom. The summed E-state index contributed by atoms with van der Waals surface area (Å²) in [5.41, 5.74) is 3.03. The lowest BCUT2D eigenvalue weighted by molar-refractivity contribution is 0.210. The zero-order chi connectivity index (χ0) is 16.1. The summed E-state index contributed by atoms with van der Waals surface area (Å²) in [6.07, 6.45) is 3.50. The van der Waals surface area contributed by atoms with Crippen molar-refractivity contribution in [2.45, 2.75) is 19.9 Å². The number of para-hydroxylation sites is 1. The van der Waals surface area contributed by atoms with Crippen molar-refractivity contribution < 1.29 is 4.79 Å². The molecule has 0 saturated carbocycles. The van der Waals surface area contributed by atoms with Crippen LogP contribution in [0.1, 0.15) is 24.2 Å². The van der Waals surface area contributed by atoms with Crippen LogP contribution in [0.25, 0.3) is 5.69 Å². The van der Waals surface area contributed by atoms with E-state index in [1.165, 1.54) is 0 Å². The van der Waals surface area contributed by atoms with Crippen LogP contribution in [0.4, 0.5) is 4.79 Å². The van der Waals surface area contributed by atoms with E-state index >= 15 is 0 Å². The van der Waals surface area contributed by atoms with Crippen molar-refractivity contribution in [3.63, 3.8) is 0 Å². The average Bonchev–Trinajstić information content (AvgIpc) is 2.90. The van der Waals surface area contributed by atoms with Gasteiger partial charge in [0.1, 0.15) is 0 Å². The Labute approximate surface area is 131 Å². The molecular formula is C17H22N4O. The molecule has 1 N–H and O–H groups in total. The molecule has 1 aromatic heterocycles. The van der Waals surface area contributed by atoms with E-state index in [9.17, 15) is 4.79 Å². The van der Waals surface area contributed by atoms with Gasteiger partial charge in [-0.05, 0) is 26.0 Å². The summed E-state index contributed by atoms with van der Waals surface area (Å²) in [5.74, 6) is 0. The lowest BCUT2D eigenvalue weighted by atomic mass is 10.1. The topological polar surface area (TPSA) is 50.2 Å². The van der Waals surface area contributed by atoms with Crippen molar-refractivity contribution in [2.75, 3.05) is 13.6 Å². The van der Waals surface area contributed by atoms with E-state index in [1.54, 1.807) is 24.2 Å². The number of carbonyl (C=O) groups excluding carboxylic acids is 1. The molecule has 5 heteroatoms. The molecule has 2 rings (SSSR count). The van der Waals surface area contributed by atoms with Crippen molar-refractivity contribution in [2.24, 2.45) is 0 Å². The van der Waals surface area contributed by atoms with Crippen LogP contribution in [0.2, 0.25) is 0 Å². The molecule has 0 unspecified atom stereocenters. The van der Waals surface area contributed by atoms with Crippen LogP contribution in [-0.4, -0.2) is 34.3 Å². The number of hydrogen-bond donors (Lipinski definition) is 1. The molecule has 2 aromatic rings. The standard InChI is InChI=1S/C17H22N4O/c1-5-11-20(4)17(22)19-13(2)16-12-18-21(14(16)3)15-9-7-6-8-10-15/h5-10,12-13H,1,11H2,2-4H3,(H,19,22)/t13-/m1/s1. The van der Waals surface area contributed by atoms with E-state index in [-0.39, 0.29) is 12.1 Å². The minimum absolute atomic E-state index is 0.114. The number of benzene rings is 1. The fourth-order valence-corrected chi connectivity index (χ4v) is 2.33. The molecule has 1 atom stereocenters. The Bertz CT molecular complexity index is 648. The third-order valence-corrected chi connectivity index (χ3v) is 3.60. The van der Waals surface area contributed by atoms with Gasteiger partial charge in [-0.15, -0.1) is 6.58 Å². The van der Waals surface area contributed by atoms with Gasteiger partial charge in [0.05, 0.1) is 17.9 Å². The number of nitrogens with zero attached hydrogens (tertiary/aromatic N) is 3. The average molecular weight is 298 g/mol. The normalized spacial score (nSPS) is 11.8. The van der Waals surface area contributed by atoms with Crippen LogP contribution < -0.4 is 5.32 Å². The van der Waals surface area contributed by atoms with Gasteiger partial charge in [-0.3, -0.25) is 0 Å². The van der Waals surface area contributed by atoms with Crippen LogP contribution in [0.5, 0.6) is 0 Å². The fraction of sp³-hybridized carbons (Fsp3) is 0.294. The molecule has 22 heavy (non-hydrogen) atoms. The van der Waals surface area contributed by atoms with Gasteiger partial charge in [-0.1, -0.05) is 24.3 Å². The van der Waals surface area contributed by atoms with Crippen LogP contribution in [0, 0.1) is 6.92 Å². The lowest BCUT2D eigenvalue weighted by Crippen LogP contribution is -2.38. The molecule has 2 amide bonds. The number of nitrogens with one attached hydrogen (secondary N) is 1. The largest absolute Gasteiger partial charge is 0.331 e. The maximum atomic E-state index is 12.0. The Morgan fingerprint density at radius 3 is 2.77 bits per heavy atom. The summed E-state index contributed by atoms with van der Waals surface area (Å²) in [7, 11) is 1.74. The van der Waals surface area contributed by atoms with Crippen molar-refractivity contribution in [3.8, 4) is 5.69 Å². The zero-order valence-electron chi connectivity index (χ0n) is 13.3. The van der Waals surface area contributed by atoms with Gasteiger partial charge in [0.2, 0.25) is 0 Å². The van der Waals surface area contributed by atoms with E-state index in [1.807, 2.05) is 48.9 Å². The molecule has 0 saturated heterocycles. The molecular weight excluding hydrogens is 276 g/mol. The second-order valence-electron chi connectivity index (χ2n) is 5.27. The number of carbonyl (C=O) groups is 1. The highest BCUT2D eigenvalue weighted by Crippen LogP contribution is 2.20. The van der Waals surface area contributed by atoms with Gasteiger partial charge in [0.15, 0.2) is 0 Å². The smallest absolute Gasteiger partial charge is 0.317 e.